The molecule has 0 aliphatic rings. The Bertz CT molecular complexity index is 573. The monoisotopic (exact) mass is 289 g/mol. The van der Waals surface area contributed by atoms with Gasteiger partial charge in [-0.2, -0.15) is 5.26 Å². The summed E-state index contributed by atoms with van der Waals surface area (Å²) in [6, 6.07) is 13.6. The summed E-state index contributed by atoms with van der Waals surface area (Å²) in [7, 11) is 0. The number of hydrogen-bond donors (Lipinski definition) is 1. The van der Waals surface area contributed by atoms with E-state index in [-0.39, 0.29) is 5.75 Å². The number of phenolic OH excluding ortho intramolecular Hbond substituents is 1. The van der Waals surface area contributed by atoms with Crippen LogP contribution in [0, 0.1) is 11.3 Å². The van der Waals surface area contributed by atoms with Gasteiger partial charge in [0, 0.05) is 4.47 Å². The van der Waals surface area contributed by atoms with Gasteiger partial charge in [0.15, 0.2) is 0 Å². The number of benzene rings is 2. The number of ether oxygens (including phenoxy) is 1. The van der Waals surface area contributed by atoms with E-state index >= 15 is 0 Å². The van der Waals surface area contributed by atoms with Crippen LogP contribution in [0.4, 0.5) is 0 Å². The maximum atomic E-state index is 9.15. The first-order chi connectivity index (χ1) is 8.19. The highest BCUT2D eigenvalue weighted by molar-refractivity contribution is 9.10. The van der Waals surface area contributed by atoms with Crippen LogP contribution in [0.5, 0.6) is 17.2 Å². The SMILES string of the molecule is N#Cc1ccc(Br)cc1Oc1ccc(O)cc1. The molecule has 2 rings (SSSR count). The molecule has 0 bridgehead atoms. The van der Waals surface area contributed by atoms with Crippen molar-refractivity contribution >= 4 is 15.9 Å². The highest BCUT2D eigenvalue weighted by Gasteiger charge is 2.05. The first-order valence-electron chi connectivity index (χ1n) is 4.85. The van der Waals surface area contributed by atoms with Crippen LogP contribution in [0.1, 0.15) is 5.56 Å². The Labute approximate surface area is 107 Å². The van der Waals surface area contributed by atoms with E-state index in [0.29, 0.717) is 17.1 Å². The molecule has 2 aromatic carbocycles. The highest BCUT2D eigenvalue weighted by atomic mass is 79.9. The quantitative estimate of drug-likeness (QED) is 0.914. The number of nitrogens with zero attached hydrogens (tertiary/aromatic N) is 1. The summed E-state index contributed by atoms with van der Waals surface area (Å²) in [4.78, 5) is 0. The molecule has 0 aliphatic carbocycles. The smallest absolute Gasteiger partial charge is 0.146 e. The van der Waals surface area contributed by atoms with Crippen molar-refractivity contribution in [3.63, 3.8) is 0 Å². The zero-order chi connectivity index (χ0) is 12.3. The summed E-state index contributed by atoms with van der Waals surface area (Å²) in [5.74, 6) is 1.22. The predicted octanol–water partition coefficient (Wildman–Crippen LogP) is 3.82. The van der Waals surface area contributed by atoms with Crippen molar-refractivity contribution in [2.45, 2.75) is 0 Å². The lowest BCUT2D eigenvalue weighted by molar-refractivity contribution is 0.463. The van der Waals surface area contributed by atoms with Crippen LogP contribution in [0.2, 0.25) is 0 Å². The molecule has 17 heavy (non-hydrogen) atoms. The van der Waals surface area contributed by atoms with Gasteiger partial charge in [-0.3, -0.25) is 0 Å². The van der Waals surface area contributed by atoms with E-state index in [1.54, 1.807) is 30.3 Å². The third-order valence-electron chi connectivity index (χ3n) is 2.13. The fourth-order valence-electron chi connectivity index (χ4n) is 1.31. The minimum absolute atomic E-state index is 0.173. The van der Waals surface area contributed by atoms with Crippen LogP contribution in [0.15, 0.2) is 46.9 Å². The van der Waals surface area contributed by atoms with E-state index in [0.717, 1.165) is 4.47 Å². The average molecular weight is 290 g/mol. The van der Waals surface area contributed by atoms with Crippen LogP contribution in [-0.2, 0) is 0 Å². The molecule has 0 radical (unpaired) electrons. The molecule has 1 N–H and O–H groups in total. The maximum Gasteiger partial charge on any atom is 0.146 e. The van der Waals surface area contributed by atoms with Crippen molar-refractivity contribution in [3.8, 4) is 23.3 Å². The molecule has 84 valence electrons. The van der Waals surface area contributed by atoms with Crippen molar-refractivity contribution in [2.75, 3.05) is 0 Å². The lowest BCUT2D eigenvalue weighted by Crippen LogP contribution is -1.88. The van der Waals surface area contributed by atoms with E-state index in [2.05, 4.69) is 22.0 Å². The van der Waals surface area contributed by atoms with Gasteiger partial charge in [-0.05, 0) is 42.5 Å². The van der Waals surface area contributed by atoms with E-state index < -0.39 is 0 Å². The molecule has 2 aromatic rings. The average Bonchev–Trinajstić information content (AvgIpc) is 2.32. The molecule has 4 heteroatoms. The van der Waals surface area contributed by atoms with Crippen molar-refractivity contribution in [1.29, 1.82) is 5.26 Å². The number of hydrogen-bond acceptors (Lipinski definition) is 3. The minimum Gasteiger partial charge on any atom is -0.508 e. The van der Waals surface area contributed by atoms with Gasteiger partial charge in [0.2, 0.25) is 0 Å². The Morgan fingerprint density at radius 2 is 1.82 bits per heavy atom. The molecule has 3 nitrogen and oxygen atoms in total. The topological polar surface area (TPSA) is 53.2 Å². The summed E-state index contributed by atoms with van der Waals surface area (Å²) in [5, 5.41) is 18.1. The molecular weight excluding hydrogens is 282 g/mol. The fourth-order valence-corrected chi connectivity index (χ4v) is 1.65. The number of aromatic hydroxyl groups is 1. The normalized spacial score (nSPS) is 9.65. The standard InChI is InChI=1S/C13H8BrNO2/c14-10-2-1-9(8-15)13(7-10)17-12-5-3-11(16)4-6-12/h1-7,16H. The molecular formula is C13H8BrNO2. The Kier molecular flexibility index (Phi) is 3.31. The maximum absolute atomic E-state index is 9.15. The molecule has 0 saturated carbocycles. The van der Waals surface area contributed by atoms with Crippen LogP contribution in [0.3, 0.4) is 0 Å². The van der Waals surface area contributed by atoms with Gasteiger partial charge in [-0.1, -0.05) is 15.9 Å². The van der Waals surface area contributed by atoms with Gasteiger partial charge in [0.25, 0.3) is 0 Å². The predicted molar refractivity (Wildman–Crippen MR) is 67.0 cm³/mol. The van der Waals surface area contributed by atoms with Crippen molar-refractivity contribution in [2.24, 2.45) is 0 Å². The first-order valence-corrected chi connectivity index (χ1v) is 5.65. The fraction of sp³-hybridized carbons (Fsp3) is 0. The van der Waals surface area contributed by atoms with E-state index in [1.807, 2.05) is 0 Å². The minimum atomic E-state index is 0.173. The second-order valence-corrected chi connectivity index (χ2v) is 4.26. The van der Waals surface area contributed by atoms with E-state index in [9.17, 15) is 0 Å². The van der Waals surface area contributed by atoms with E-state index in [1.165, 1.54) is 12.1 Å². The molecule has 0 aliphatic heterocycles. The van der Waals surface area contributed by atoms with Crippen molar-refractivity contribution < 1.29 is 9.84 Å². The third-order valence-corrected chi connectivity index (χ3v) is 2.62. The lowest BCUT2D eigenvalue weighted by atomic mass is 10.2. The van der Waals surface area contributed by atoms with Crippen LogP contribution < -0.4 is 4.74 Å². The third kappa shape index (κ3) is 2.77. The largest absolute Gasteiger partial charge is 0.508 e. The molecule has 0 heterocycles. The van der Waals surface area contributed by atoms with Gasteiger partial charge in [0.05, 0.1) is 5.56 Å². The van der Waals surface area contributed by atoms with Crippen molar-refractivity contribution in [1.82, 2.24) is 0 Å². The Morgan fingerprint density at radius 1 is 1.12 bits per heavy atom. The summed E-state index contributed by atoms with van der Waals surface area (Å²) in [5.41, 5.74) is 0.460. The number of nitriles is 1. The first kappa shape index (κ1) is 11.5. The molecule has 0 aromatic heterocycles. The van der Waals surface area contributed by atoms with Gasteiger partial charge in [0.1, 0.15) is 23.3 Å². The molecule has 0 unspecified atom stereocenters. The molecule has 0 amide bonds. The van der Waals surface area contributed by atoms with Crippen LogP contribution >= 0.6 is 15.9 Å². The lowest BCUT2D eigenvalue weighted by Gasteiger charge is -2.07. The molecule has 0 fully saturated rings. The van der Waals surface area contributed by atoms with Crippen LogP contribution in [-0.4, -0.2) is 5.11 Å². The zero-order valence-electron chi connectivity index (χ0n) is 8.72. The molecule has 0 spiro atoms. The van der Waals surface area contributed by atoms with E-state index in [4.69, 9.17) is 15.1 Å². The summed E-state index contributed by atoms with van der Waals surface area (Å²) >= 11 is 3.32. The number of phenols is 1. The van der Waals surface area contributed by atoms with Crippen molar-refractivity contribution in [3.05, 3.63) is 52.5 Å². The zero-order valence-corrected chi connectivity index (χ0v) is 10.3. The Hall–Kier alpha value is -1.99. The second-order valence-electron chi connectivity index (χ2n) is 3.35. The van der Waals surface area contributed by atoms with Crippen LogP contribution in [0.25, 0.3) is 0 Å². The van der Waals surface area contributed by atoms with Gasteiger partial charge in [-0.25, -0.2) is 0 Å². The highest BCUT2D eigenvalue weighted by Crippen LogP contribution is 2.28. The number of rotatable bonds is 2. The van der Waals surface area contributed by atoms with Gasteiger partial charge < -0.3 is 9.84 Å². The second kappa shape index (κ2) is 4.89. The summed E-state index contributed by atoms with van der Waals surface area (Å²) in [6.07, 6.45) is 0. The molecule has 0 saturated heterocycles. The van der Waals surface area contributed by atoms with Gasteiger partial charge >= 0.3 is 0 Å². The summed E-state index contributed by atoms with van der Waals surface area (Å²) < 4.78 is 6.41. The van der Waals surface area contributed by atoms with Gasteiger partial charge in [-0.15, -0.1) is 0 Å². The molecule has 0 atom stereocenters. The Balaban J connectivity index is 2.32. The summed E-state index contributed by atoms with van der Waals surface area (Å²) in [6.45, 7) is 0. The Morgan fingerprint density at radius 3 is 2.47 bits per heavy atom. The number of halogens is 1.